The van der Waals surface area contributed by atoms with Gasteiger partial charge in [-0.05, 0) is 47.6 Å². The van der Waals surface area contributed by atoms with E-state index in [2.05, 4.69) is 46.6 Å². The Bertz CT molecular complexity index is 1230. The third-order valence-electron chi connectivity index (χ3n) is 7.90. The van der Waals surface area contributed by atoms with Crippen molar-refractivity contribution in [1.29, 1.82) is 0 Å². The predicted molar refractivity (Wildman–Crippen MR) is 136 cm³/mol. The maximum Gasteiger partial charge on any atom is 0.254 e. The zero-order valence-electron chi connectivity index (χ0n) is 19.9. The molecule has 2 atom stereocenters. The van der Waals surface area contributed by atoms with Gasteiger partial charge in [-0.2, -0.15) is 0 Å². The van der Waals surface area contributed by atoms with E-state index < -0.39 is 5.92 Å². The molecule has 5 heteroatoms. The molecule has 1 N–H and O–H groups in total. The Morgan fingerprint density at radius 2 is 1.51 bits per heavy atom. The van der Waals surface area contributed by atoms with Crippen molar-refractivity contribution in [3.05, 3.63) is 107 Å². The van der Waals surface area contributed by atoms with Crippen molar-refractivity contribution in [2.24, 2.45) is 0 Å². The number of benzene rings is 3. The summed E-state index contributed by atoms with van der Waals surface area (Å²) in [5.74, 6) is -0.316. The highest BCUT2D eigenvalue weighted by atomic mass is 16.2. The Labute approximate surface area is 206 Å². The van der Waals surface area contributed by atoms with Crippen LogP contribution in [0, 0.1) is 0 Å². The van der Waals surface area contributed by atoms with Crippen molar-refractivity contribution >= 4 is 11.8 Å². The number of nitrogens with zero attached hydrogens (tertiary/aromatic N) is 2. The lowest BCUT2D eigenvalue weighted by atomic mass is 9.75. The average molecular weight is 466 g/mol. The molecular weight excluding hydrogens is 434 g/mol. The molecule has 1 fully saturated rings. The minimum absolute atomic E-state index is 0.0400. The first-order valence-corrected chi connectivity index (χ1v) is 12.7. The number of carbonyl (C=O) groups excluding carboxylic acids is 2. The zero-order valence-corrected chi connectivity index (χ0v) is 19.9. The van der Waals surface area contributed by atoms with Crippen molar-refractivity contribution in [1.82, 2.24) is 15.1 Å². The van der Waals surface area contributed by atoms with Gasteiger partial charge >= 0.3 is 0 Å². The van der Waals surface area contributed by atoms with Crippen LogP contribution in [0.1, 0.15) is 57.4 Å². The number of rotatable bonds is 4. The standard InChI is InChI=1S/C30H31N3O2/c34-29(31-23-15-17-32(18-16-23)20-21-8-2-1-3-9-21)27-25-12-6-7-13-26(25)30(35)33-19-14-22-10-4-5-11-24(22)28(27)33/h1-13,23,27-28H,14-20H2,(H,31,34)/t27-,28-/m1/s1. The summed E-state index contributed by atoms with van der Waals surface area (Å²) in [4.78, 5) is 31.7. The van der Waals surface area contributed by atoms with Gasteiger partial charge < -0.3 is 10.2 Å². The Hall–Kier alpha value is -3.44. The molecule has 1 saturated heterocycles. The molecule has 0 aliphatic carbocycles. The van der Waals surface area contributed by atoms with Gasteiger partial charge in [0, 0.05) is 37.8 Å². The number of nitrogens with one attached hydrogen (secondary N) is 1. The lowest BCUT2D eigenvalue weighted by Gasteiger charge is -2.45. The molecule has 3 aromatic rings. The van der Waals surface area contributed by atoms with Crippen LogP contribution in [0.5, 0.6) is 0 Å². The van der Waals surface area contributed by atoms with Gasteiger partial charge in [0.2, 0.25) is 5.91 Å². The molecule has 0 saturated carbocycles. The number of likely N-dealkylation sites (tertiary alicyclic amines) is 1. The maximum absolute atomic E-state index is 13.9. The van der Waals surface area contributed by atoms with Crippen LogP contribution in [-0.4, -0.2) is 47.3 Å². The molecule has 3 heterocycles. The van der Waals surface area contributed by atoms with Crippen LogP contribution in [0.4, 0.5) is 0 Å². The summed E-state index contributed by atoms with van der Waals surface area (Å²) in [6, 6.07) is 26.4. The Balaban J connectivity index is 1.22. The van der Waals surface area contributed by atoms with E-state index in [-0.39, 0.29) is 23.9 Å². The van der Waals surface area contributed by atoms with E-state index >= 15 is 0 Å². The summed E-state index contributed by atoms with van der Waals surface area (Å²) >= 11 is 0. The second-order valence-corrected chi connectivity index (χ2v) is 10.0. The van der Waals surface area contributed by atoms with E-state index in [1.807, 2.05) is 47.4 Å². The van der Waals surface area contributed by atoms with Crippen LogP contribution >= 0.6 is 0 Å². The maximum atomic E-state index is 13.9. The Morgan fingerprint density at radius 3 is 2.31 bits per heavy atom. The van der Waals surface area contributed by atoms with E-state index in [0.29, 0.717) is 12.1 Å². The normalized spacial score (nSPS) is 22.2. The highest BCUT2D eigenvalue weighted by Crippen LogP contribution is 2.46. The van der Waals surface area contributed by atoms with Gasteiger partial charge in [-0.15, -0.1) is 0 Å². The van der Waals surface area contributed by atoms with E-state index in [1.54, 1.807) is 0 Å². The molecule has 6 rings (SSSR count). The van der Waals surface area contributed by atoms with Crippen molar-refractivity contribution in [3.63, 3.8) is 0 Å². The number of amides is 2. The molecule has 3 aliphatic heterocycles. The van der Waals surface area contributed by atoms with Gasteiger partial charge in [0.15, 0.2) is 0 Å². The van der Waals surface area contributed by atoms with Gasteiger partial charge in [-0.25, -0.2) is 0 Å². The van der Waals surface area contributed by atoms with Crippen molar-refractivity contribution < 1.29 is 9.59 Å². The summed E-state index contributed by atoms with van der Waals surface area (Å²) in [6.07, 6.45) is 2.71. The number of fused-ring (bicyclic) bond motifs is 4. The molecule has 35 heavy (non-hydrogen) atoms. The quantitative estimate of drug-likeness (QED) is 0.625. The highest BCUT2D eigenvalue weighted by molar-refractivity contribution is 6.01. The smallest absolute Gasteiger partial charge is 0.254 e. The van der Waals surface area contributed by atoms with Crippen LogP contribution in [-0.2, 0) is 17.8 Å². The Kier molecular flexibility index (Phi) is 5.86. The van der Waals surface area contributed by atoms with Gasteiger partial charge in [-0.3, -0.25) is 14.5 Å². The van der Waals surface area contributed by atoms with Crippen molar-refractivity contribution in [2.45, 2.75) is 43.8 Å². The molecular formula is C30H31N3O2. The first-order valence-electron chi connectivity index (χ1n) is 12.7. The molecule has 0 radical (unpaired) electrons. The third kappa shape index (κ3) is 4.14. The van der Waals surface area contributed by atoms with E-state index in [4.69, 9.17) is 0 Å². The Morgan fingerprint density at radius 1 is 0.829 bits per heavy atom. The van der Waals surface area contributed by atoms with Crippen LogP contribution in [0.3, 0.4) is 0 Å². The number of carbonyl (C=O) groups is 2. The summed E-state index contributed by atoms with van der Waals surface area (Å²) < 4.78 is 0. The van der Waals surface area contributed by atoms with E-state index in [0.717, 1.165) is 50.0 Å². The predicted octanol–water partition coefficient (Wildman–Crippen LogP) is 4.30. The number of hydrogen-bond acceptors (Lipinski definition) is 3. The molecule has 5 nitrogen and oxygen atoms in total. The lowest BCUT2D eigenvalue weighted by molar-refractivity contribution is -0.125. The second kappa shape index (κ2) is 9.31. The zero-order chi connectivity index (χ0) is 23.8. The SMILES string of the molecule is O=C(NC1CCN(Cc2ccccc2)CC1)[C@@H]1c2ccccc2C(=O)N2CCc3ccccc3[C@H]12. The van der Waals surface area contributed by atoms with Gasteiger partial charge in [-0.1, -0.05) is 72.8 Å². The lowest BCUT2D eigenvalue weighted by Crippen LogP contribution is -2.52. The average Bonchev–Trinajstić information content (AvgIpc) is 2.90. The van der Waals surface area contributed by atoms with Crippen molar-refractivity contribution in [3.8, 4) is 0 Å². The third-order valence-corrected chi connectivity index (χ3v) is 7.90. The molecule has 178 valence electrons. The summed E-state index contributed by atoms with van der Waals surface area (Å²) in [5.41, 5.74) is 5.21. The molecule has 2 amide bonds. The molecule has 0 bridgehead atoms. The van der Waals surface area contributed by atoms with E-state index in [1.165, 1.54) is 11.1 Å². The fraction of sp³-hybridized carbons (Fsp3) is 0.333. The summed E-state index contributed by atoms with van der Waals surface area (Å²) in [6.45, 7) is 3.54. The molecule has 0 aromatic heterocycles. The van der Waals surface area contributed by atoms with Crippen LogP contribution in [0.25, 0.3) is 0 Å². The topological polar surface area (TPSA) is 52.7 Å². The van der Waals surface area contributed by atoms with Crippen LogP contribution < -0.4 is 5.32 Å². The summed E-state index contributed by atoms with van der Waals surface area (Å²) in [7, 11) is 0. The fourth-order valence-electron chi connectivity index (χ4n) is 6.13. The monoisotopic (exact) mass is 465 g/mol. The van der Waals surface area contributed by atoms with Gasteiger partial charge in [0.25, 0.3) is 5.91 Å². The minimum atomic E-state index is -0.396. The minimum Gasteiger partial charge on any atom is -0.353 e. The molecule has 3 aliphatic rings. The van der Waals surface area contributed by atoms with Crippen LogP contribution in [0.2, 0.25) is 0 Å². The molecule has 0 spiro atoms. The summed E-state index contributed by atoms with van der Waals surface area (Å²) in [5, 5.41) is 3.39. The first-order chi connectivity index (χ1) is 17.2. The first kappa shape index (κ1) is 22.1. The van der Waals surface area contributed by atoms with Gasteiger partial charge in [0.05, 0.1) is 12.0 Å². The molecule has 3 aromatic carbocycles. The molecule has 0 unspecified atom stereocenters. The fourth-order valence-corrected chi connectivity index (χ4v) is 6.13. The second-order valence-electron chi connectivity index (χ2n) is 10.0. The van der Waals surface area contributed by atoms with Gasteiger partial charge in [0.1, 0.15) is 0 Å². The highest BCUT2D eigenvalue weighted by Gasteiger charge is 2.46. The largest absolute Gasteiger partial charge is 0.353 e. The van der Waals surface area contributed by atoms with E-state index in [9.17, 15) is 9.59 Å². The number of piperidine rings is 1. The van der Waals surface area contributed by atoms with Crippen molar-refractivity contribution in [2.75, 3.05) is 19.6 Å². The van der Waals surface area contributed by atoms with Crippen LogP contribution in [0.15, 0.2) is 78.9 Å². The number of hydrogen-bond donors (Lipinski definition) is 1.